The highest BCUT2D eigenvalue weighted by Crippen LogP contribution is 2.34. The van der Waals surface area contributed by atoms with Gasteiger partial charge in [0.15, 0.2) is 0 Å². The molecule has 1 unspecified atom stereocenters. The molecular formula is C20H17F3N4O2S. The van der Waals surface area contributed by atoms with Crippen molar-refractivity contribution in [2.24, 2.45) is 16.0 Å². The van der Waals surface area contributed by atoms with Crippen molar-refractivity contribution in [3.05, 3.63) is 76.3 Å². The first-order chi connectivity index (χ1) is 14.3. The van der Waals surface area contributed by atoms with Crippen LogP contribution in [0, 0.1) is 6.92 Å². The van der Waals surface area contributed by atoms with E-state index in [2.05, 4.69) is 15.3 Å². The number of hydrogen-bond donors (Lipinski definition) is 3. The summed E-state index contributed by atoms with van der Waals surface area (Å²) in [6, 6.07) is 12.2. The Balaban J connectivity index is 1.94. The first-order valence-electron chi connectivity index (χ1n) is 8.66. The first kappa shape index (κ1) is 21.5. The number of alkyl halides is 3. The van der Waals surface area contributed by atoms with Crippen molar-refractivity contribution in [3.8, 4) is 10.6 Å². The number of benzene rings is 2. The SMILES string of the molecule is Cc1nc(-c2ccc(C(F)(F)F)cc2)sc1C(N)C(=NO)C(=NO)c1ccccc1. The Kier molecular flexibility index (Phi) is 6.18. The predicted octanol–water partition coefficient (Wildman–Crippen LogP) is 4.85. The molecule has 30 heavy (non-hydrogen) atoms. The molecule has 0 aliphatic rings. The molecule has 0 radical (unpaired) electrons. The number of aryl methyl sites for hydroxylation is 1. The number of nitrogens with two attached hydrogens (primary N) is 1. The summed E-state index contributed by atoms with van der Waals surface area (Å²) in [5.41, 5.74) is 6.96. The van der Waals surface area contributed by atoms with E-state index < -0.39 is 17.8 Å². The highest BCUT2D eigenvalue weighted by Gasteiger charge is 2.30. The zero-order chi connectivity index (χ0) is 21.9. The summed E-state index contributed by atoms with van der Waals surface area (Å²) in [4.78, 5) is 4.91. The number of thiazole rings is 1. The van der Waals surface area contributed by atoms with Crippen LogP contribution < -0.4 is 5.73 Å². The van der Waals surface area contributed by atoms with Crippen LogP contribution in [-0.4, -0.2) is 26.8 Å². The van der Waals surface area contributed by atoms with Gasteiger partial charge in [0.2, 0.25) is 0 Å². The molecule has 0 spiro atoms. The smallest absolute Gasteiger partial charge is 0.411 e. The predicted molar refractivity (Wildman–Crippen MR) is 108 cm³/mol. The normalized spacial score (nSPS) is 14.0. The molecule has 10 heteroatoms. The Hall–Kier alpha value is -3.24. The number of hydrogen-bond acceptors (Lipinski definition) is 7. The van der Waals surface area contributed by atoms with E-state index in [1.165, 1.54) is 12.1 Å². The van der Waals surface area contributed by atoms with Crippen LogP contribution in [0.15, 0.2) is 64.9 Å². The zero-order valence-electron chi connectivity index (χ0n) is 15.6. The number of aromatic nitrogens is 1. The summed E-state index contributed by atoms with van der Waals surface area (Å²) in [5.74, 6) is 0. The topological polar surface area (TPSA) is 104 Å². The molecule has 1 atom stereocenters. The molecule has 3 aromatic rings. The van der Waals surface area contributed by atoms with Gasteiger partial charge in [-0.05, 0) is 19.1 Å². The Bertz CT molecular complexity index is 1080. The van der Waals surface area contributed by atoms with Gasteiger partial charge in [-0.1, -0.05) is 52.8 Å². The van der Waals surface area contributed by atoms with Crippen molar-refractivity contribution >= 4 is 22.8 Å². The van der Waals surface area contributed by atoms with Gasteiger partial charge in [-0.2, -0.15) is 13.2 Å². The second-order valence-corrected chi connectivity index (χ2v) is 7.35. The van der Waals surface area contributed by atoms with Crippen LogP contribution in [0.1, 0.15) is 27.7 Å². The summed E-state index contributed by atoms with van der Waals surface area (Å²) in [6.07, 6.45) is -4.42. The maximum atomic E-state index is 12.8. The van der Waals surface area contributed by atoms with E-state index in [0.29, 0.717) is 26.7 Å². The lowest BCUT2D eigenvalue weighted by Gasteiger charge is -2.13. The molecule has 3 rings (SSSR count). The van der Waals surface area contributed by atoms with E-state index >= 15 is 0 Å². The standard InChI is InChI=1S/C20H17F3N4O2S/c1-11-18(15(24)17(27-29)16(26-28)12-5-3-2-4-6-12)30-19(25-11)13-7-9-14(10-8-13)20(21,22)23/h2-10,15,28-29H,24H2,1H3. The van der Waals surface area contributed by atoms with Crippen molar-refractivity contribution in [1.29, 1.82) is 0 Å². The fourth-order valence-electron chi connectivity index (χ4n) is 2.86. The number of oxime groups is 2. The average Bonchev–Trinajstić information content (AvgIpc) is 3.13. The van der Waals surface area contributed by atoms with E-state index in [-0.39, 0.29) is 11.4 Å². The summed E-state index contributed by atoms with van der Waals surface area (Å²) in [5, 5.41) is 25.9. The minimum absolute atomic E-state index is 0.00511. The van der Waals surface area contributed by atoms with Gasteiger partial charge in [-0.15, -0.1) is 11.3 Å². The summed E-state index contributed by atoms with van der Waals surface area (Å²) in [6.45, 7) is 1.69. The molecule has 0 amide bonds. The summed E-state index contributed by atoms with van der Waals surface area (Å²) in [7, 11) is 0. The molecule has 4 N–H and O–H groups in total. The molecule has 0 bridgehead atoms. The van der Waals surface area contributed by atoms with E-state index in [9.17, 15) is 23.6 Å². The highest BCUT2D eigenvalue weighted by atomic mass is 32.1. The fraction of sp³-hybridized carbons (Fsp3) is 0.150. The minimum Gasteiger partial charge on any atom is -0.411 e. The lowest BCUT2D eigenvalue weighted by molar-refractivity contribution is -0.137. The number of halogens is 3. The Morgan fingerprint density at radius 2 is 1.67 bits per heavy atom. The van der Waals surface area contributed by atoms with Crippen LogP contribution >= 0.6 is 11.3 Å². The maximum Gasteiger partial charge on any atom is 0.416 e. The van der Waals surface area contributed by atoms with Crippen LogP contribution in [-0.2, 0) is 6.18 Å². The van der Waals surface area contributed by atoms with Gasteiger partial charge in [0.25, 0.3) is 0 Å². The minimum atomic E-state index is -4.42. The van der Waals surface area contributed by atoms with E-state index in [0.717, 1.165) is 23.5 Å². The summed E-state index contributed by atoms with van der Waals surface area (Å²) >= 11 is 1.15. The van der Waals surface area contributed by atoms with Crippen LogP contribution in [0.4, 0.5) is 13.2 Å². The lowest BCUT2D eigenvalue weighted by Crippen LogP contribution is -2.29. The molecule has 0 saturated carbocycles. The second-order valence-electron chi connectivity index (χ2n) is 6.32. The molecule has 0 aliphatic carbocycles. The van der Waals surface area contributed by atoms with Crippen molar-refractivity contribution in [2.45, 2.75) is 19.1 Å². The summed E-state index contributed by atoms with van der Waals surface area (Å²) < 4.78 is 38.3. The molecule has 2 aromatic carbocycles. The van der Waals surface area contributed by atoms with Crippen molar-refractivity contribution in [2.75, 3.05) is 0 Å². The molecule has 0 saturated heterocycles. The highest BCUT2D eigenvalue weighted by molar-refractivity contribution is 7.15. The third-order valence-corrected chi connectivity index (χ3v) is 5.66. The average molecular weight is 434 g/mol. The molecule has 1 heterocycles. The second kappa shape index (κ2) is 8.64. The van der Waals surface area contributed by atoms with Crippen LogP contribution in [0.3, 0.4) is 0 Å². The van der Waals surface area contributed by atoms with Crippen molar-refractivity contribution in [1.82, 2.24) is 4.98 Å². The third kappa shape index (κ3) is 4.34. The lowest BCUT2D eigenvalue weighted by atomic mass is 9.99. The van der Waals surface area contributed by atoms with Gasteiger partial charge in [-0.3, -0.25) is 0 Å². The monoisotopic (exact) mass is 434 g/mol. The molecule has 1 aromatic heterocycles. The molecule has 0 aliphatic heterocycles. The number of nitrogens with zero attached hydrogens (tertiary/aromatic N) is 3. The van der Waals surface area contributed by atoms with Crippen LogP contribution in [0.25, 0.3) is 10.6 Å². The van der Waals surface area contributed by atoms with Gasteiger partial charge in [0.1, 0.15) is 16.4 Å². The fourth-order valence-corrected chi connectivity index (χ4v) is 3.93. The van der Waals surface area contributed by atoms with Crippen molar-refractivity contribution in [3.63, 3.8) is 0 Å². The van der Waals surface area contributed by atoms with Crippen LogP contribution in [0.5, 0.6) is 0 Å². The first-order valence-corrected chi connectivity index (χ1v) is 9.48. The molecule has 6 nitrogen and oxygen atoms in total. The van der Waals surface area contributed by atoms with E-state index in [1.807, 2.05) is 0 Å². The van der Waals surface area contributed by atoms with Crippen molar-refractivity contribution < 1.29 is 23.6 Å². The maximum absolute atomic E-state index is 12.8. The molecule has 156 valence electrons. The quantitative estimate of drug-likeness (QED) is 0.303. The van der Waals surface area contributed by atoms with Gasteiger partial charge in [-0.25, -0.2) is 4.98 Å². The van der Waals surface area contributed by atoms with Gasteiger partial charge >= 0.3 is 6.18 Å². The number of rotatable bonds is 5. The van der Waals surface area contributed by atoms with Gasteiger partial charge < -0.3 is 16.1 Å². The molecular weight excluding hydrogens is 417 g/mol. The van der Waals surface area contributed by atoms with Crippen LogP contribution in [0.2, 0.25) is 0 Å². The largest absolute Gasteiger partial charge is 0.416 e. The Labute approximate surface area is 173 Å². The molecule has 0 fully saturated rings. The third-order valence-electron chi connectivity index (χ3n) is 4.37. The zero-order valence-corrected chi connectivity index (χ0v) is 16.4. The van der Waals surface area contributed by atoms with E-state index in [1.54, 1.807) is 37.3 Å². The van der Waals surface area contributed by atoms with E-state index in [4.69, 9.17) is 5.73 Å². The van der Waals surface area contributed by atoms with Gasteiger partial charge in [0.05, 0.1) is 22.2 Å². The van der Waals surface area contributed by atoms with Gasteiger partial charge in [0, 0.05) is 11.1 Å². The Morgan fingerprint density at radius 3 is 2.20 bits per heavy atom. The Morgan fingerprint density at radius 1 is 1.03 bits per heavy atom.